The number of tetrazole rings is 1. The molecule has 1 fully saturated rings. The van der Waals surface area contributed by atoms with Crippen LogP contribution in [0.2, 0.25) is 5.02 Å². The van der Waals surface area contributed by atoms with E-state index in [0.29, 0.717) is 0 Å². The van der Waals surface area contributed by atoms with E-state index < -0.39 is 0 Å². The number of para-hydroxylation sites is 2. The third-order valence-corrected chi connectivity index (χ3v) is 5.92. The lowest BCUT2D eigenvalue weighted by Crippen LogP contribution is -2.48. The zero-order valence-corrected chi connectivity index (χ0v) is 19.3. The number of hydrogen-bond donors (Lipinski definition) is 0. The first-order valence-electron chi connectivity index (χ1n) is 10.5. The van der Waals surface area contributed by atoms with E-state index in [1.807, 2.05) is 28.9 Å². The molecule has 7 nitrogen and oxygen atoms in total. The zero-order chi connectivity index (χ0) is 22.0. The Kier molecular flexibility index (Phi) is 6.16. The smallest absolute Gasteiger partial charge is 0.173 e. The number of ether oxygens (including phenoxy) is 1. The van der Waals surface area contributed by atoms with Gasteiger partial charge in [-0.25, -0.2) is 4.68 Å². The molecule has 2 heterocycles. The summed E-state index contributed by atoms with van der Waals surface area (Å²) in [4.78, 5) is 4.82. The van der Waals surface area contributed by atoms with Gasteiger partial charge < -0.3 is 9.64 Å². The minimum atomic E-state index is -0.220. The van der Waals surface area contributed by atoms with Crippen LogP contribution in [0, 0.1) is 0 Å². The lowest BCUT2D eigenvalue weighted by molar-refractivity contribution is 0.191. The van der Waals surface area contributed by atoms with Crippen molar-refractivity contribution < 1.29 is 4.74 Å². The summed E-state index contributed by atoms with van der Waals surface area (Å²) in [5.41, 5.74) is 2.05. The number of nitrogens with zero attached hydrogens (tertiary/aromatic N) is 6. The largest absolute Gasteiger partial charge is 0.495 e. The Morgan fingerprint density at radius 1 is 0.968 bits per heavy atom. The van der Waals surface area contributed by atoms with Gasteiger partial charge in [-0.05, 0) is 61.0 Å². The lowest BCUT2D eigenvalue weighted by atomic mass is 10.0. The molecular formula is C23H29ClN6O. The van der Waals surface area contributed by atoms with Gasteiger partial charge in [-0.2, -0.15) is 0 Å². The predicted molar refractivity (Wildman–Crippen MR) is 123 cm³/mol. The third-order valence-electron chi connectivity index (χ3n) is 5.66. The summed E-state index contributed by atoms with van der Waals surface area (Å²) in [5, 5.41) is 13.5. The van der Waals surface area contributed by atoms with Crippen LogP contribution in [-0.2, 0) is 5.54 Å². The molecule has 1 aliphatic rings. The Balaban J connectivity index is 1.63. The number of aromatic nitrogens is 4. The number of hydrogen-bond acceptors (Lipinski definition) is 6. The molecule has 2 aromatic carbocycles. The summed E-state index contributed by atoms with van der Waals surface area (Å²) < 4.78 is 7.50. The SMILES string of the molecule is COc1ccccc1N1CCN([C@H](c2ccc(Cl)cc2)c2nnnn2C(C)(C)C)CC1. The van der Waals surface area contributed by atoms with Gasteiger partial charge >= 0.3 is 0 Å². The third kappa shape index (κ3) is 4.52. The molecule has 1 atom stereocenters. The van der Waals surface area contributed by atoms with Crippen molar-refractivity contribution in [2.24, 2.45) is 0 Å². The highest BCUT2D eigenvalue weighted by Gasteiger charge is 2.33. The summed E-state index contributed by atoms with van der Waals surface area (Å²) in [7, 11) is 1.72. The van der Waals surface area contributed by atoms with Gasteiger partial charge in [0.15, 0.2) is 5.82 Å². The van der Waals surface area contributed by atoms with Crippen LogP contribution in [0.25, 0.3) is 0 Å². The van der Waals surface area contributed by atoms with E-state index in [1.165, 1.54) is 0 Å². The first-order valence-corrected chi connectivity index (χ1v) is 10.9. The van der Waals surface area contributed by atoms with Crippen LogP contribution in [0.4, 0.5) is 5.69 Å². The topological polar surface area (TPSA) is 59.3 Å². The fraction of sp³-hybridized carbons (Fsp3) is 0.435. The molecule has 0 amide bonds. The van der Waals surface area contributed by atoms with Crippen molar-refractivity contribution in [3.05, 3.63) is 64.9 Å². The van der Waals surface area contributed by atoms with Crippen LogP contribution in [0.15, 0.2) is 48.5 Å². The molecule has 0 N–H and O–H groups in total. The molecule has 164 valence electrons. The first-order chi connectivity index (χ1) is 14.9. The molecule has 31 heavy (non-hydrogen) atoms. The van der Waals surface area contributed by atoms with Gasteiger partial charge in [-0.3, -0.25) is 4.90 Å². The second-order valence-electron chi connectivity index (χ2n) is 8.77. The number of rotatable bonds is 5. The summed E-state index contributed by atoms with van der Waals surface area (Å²) in [6.45, 7) is 9.88. The number of piperazine rings is 1. The highest BCUT2D eigenvalue weighted by atomic mass is 35.5. The van der Waals surface area contributed by atoms with Gasteiger partial charge in [-0.15, -0.1) is 5.10 Å². The van der Waals surface area contributed by atoms with E-state index in [1.54, 1.807) is 7.11 Å². The van der Waals surface area contributed by atoms with Crippen molar-refractivity contribution in [1.82, 2.24) is 25.1 Å². The fourth-order valence-corrected chi connectivity index (χ4v) is 4.25. The normalized spacial score (nSPS) is 16.4. The van der Waals surface area contributed by atoms with Crippen LogP contribution < -0.4 is 9.64 Å². The van der Waals surface area contributed by atoms with Crippen LogP contribution in [0.3, 0.4) is 0 Å². The van der Waals surface area contributed by atoms with Gasteiger partial charge in [-0.1, -0.05) is 35.9 Å². The van der Waals surface area contributed by atoms with Gasteiger partial charge in [0.25, 0.3) is 0 Å². The Bertz CT molecular complexity index is 1010. The molecule has 1 aromatic heterocycles. The molecule has 0 radical (unpaired) electrons. The summed E-state index contributed by atoms with van der Waals surface area (Å²) >= 11 is 6.17. The monoisotopic (exact) mass is 440 g/mol. The fourth-order valence-electron chi connectivity index (χ4n) is 4.12. The minimum Gasteiger partial charge on any atom is -0.495 e. The van der Waals surface area contributed by atoms with E-state index in [9.17, 15) is 0 Å². The molecule has 3 aromatic rings. The quantitative estimate of drug-likeness (QED) is 0.597. The van der Waals surface area contributed by atoms with E-state index in [2.05, 4.69) is 70.4 Å². The zero-order valence-electron chi connectivity index (χ0n) is 18.5. The average Bonchev–Trinajstić information content (AvgIpc) is 3.26. The van der Waals surface area contributed by atoms with E-state index in [4.69, 9.17) is 16.3 Å². The number of benzene rings is 2. The Morgan fingerprint density at radius 3 is 2.29 bits per heavy atom. The van der Waals surface area contributed by atoms with Crippen molar-refractivity contribution in [1.29, 1.82) is 0 Å². The molecular weight excluding hydrogens is 412 g/mol. The summed E-state index contributed by atoms with van der Waals surface area (Å²) in [6, 6.07) is 16.1. The maximum absolute atomic E-state index is 6.17. The predicted octanol–water partition coefficient (Wildman–Crippen LogP) is 4.00. The van der Waals surface area contributed by atoms with Gasteiger partial charge in [0.1, 0.15) is 5.75 Å². The number of methoxy groups -OCH3 is 1. The maximum atomic E-state index is 6.17. The van der Waals surface area contributed by atoms with Crippen molar-refractivity contribution >= 4 is 17.3 Å². The van der Waals surface area contributed by atoms with Gasteiger partial charge in [0.2, 0.25) is 0 Å². The molecule has 8 heteroatoms. The number of halogens is 1. The van der Waals surface area contributed by atoms with Crippen LogP contribution in [0.5, 0.6) is 5.75 Å². The molecule has 1 aliphatic heterocycles. The van der Waals surface area contributed by atoms with E-state index in [0.717, 1.165) is 54.0 Å². The van der Waals surface area contributed by atoms with Crippen LogP contribution >= 0.6 is 11.6 Å². The highest BCUT2D eigenvalue weighted by Crippen LogP contribution is 2.33. The van der Waals surface area contributed by atoms with Crippen molar-refractivity contribution in [2.75, 3.05) is 38.2 Å². The standard InChI is InChI=1S/C23H29ClN6O/c1-23(2,3)30-22(25-26-27-30)21(17-9-11-18(24)12-10-17)29-15-13-28(14-16-29)19-7-5-6-8-20(19)31-4/h5-12,21H,13-16H2,1-4H3/t21-/m1/s1. The molecule has 0 aliphatic carbocycles. The lowest BCUT2D eigenvalue weighted by Gasteiger charge is -2.40. The molecule has 4 rings (SSSR count). The van der Waals surface area contributed by atoms with Crippen LogP contribution in [0.1, 0.15) is 38.2 Å². The van der Waals surface area contributed by atoms with Crippen molar-refractivity contribution in [3.63, 3.8) is 0 Å². The van der Waals surface area contributed by atoms with Crippen LogP contribution in [-0.4, -0.2) is 58.4 Å². The first kappa shape index (κ1) is 21.6. The van der Waals surface area contributed by atoms with Crippen molar-refractivity contribution in [2.45, 2.75) is 32.4 Å². The Labute approximate surface area is 188 Å². The number of anilines is 1. The van der Waals surface area contributed by atoms with Gasteiger partial charge in [0, 0.05) is 31.2 Å². The van der Waals surface area contributed by atoms with Crippen molar-refractivity contribution in [3.8, 4) is 5.75 Å². The maximum Gasteiger partial charge on any atom is 0.173 e. The summed E-state index contributed by atoms with van der Waals surface area (Å²) in [6.07, 6.45) is 0. The minimum absolute atomic E-state index is 0.0497. The Morgan fingerprint density at radius 2 is 1.65 bits per heavy atom. The second-order valence-corrected chi connectivity index (χ2v) is 9.21. The van der Waals surface area contributed by atoms with Gasteiger partial charge in [0.05, 0.1) is 24.4 Å². The molecule has 0 saturated carbocycles. The highest BCUT2D eigenvalue weighted by molar-refractivity contribution is 6.30. The second kappa shape index (κ2) is 8.85. The molecule has 0 bridgehead atoms. The average molecular weight is 441 g/mol. The molecule has 0 spiro atoms. The van der Waals surface area contributed by atoms with E-state index >= 15 is 0 Å². The Hall–Kier alpha value is -2.64. The van der Waals surface area contributed by atoms with E-state index in [-0.39, 0.29) is 11.6 Å². The molecule has 0 unspecified atom stereocenters. The summed E-state index contributed by atoms with van der Waals surface area (Å²) in [5.74, 6) is 1.75. The molecule has 1 saturated heterocycles.